The Bertz CT molecular complexity index is 289. The molecule has 1 aromatic rings. The van der Waals surface area contributed by atoms with E-state index in [0.717, 1.165) is 5.56 Å². The van der Waals surface area contributed by atoms with Crippen molar-refractivity contribution in [2.45, 2.75) is 32.8 Å². The summed E-state index contributed by atoms with van der Waals surface area (Å²) in [7, 11) is 0. The third-order valence-electron chi connectivity index (χ3n) is 2.75. The Morgan fingerprint density at radius 1 is 1.20 bits per heavy atom. The van der Waals surface area contributed by atoms with E-state index in [1.807, 2.05) is 51.1 Å². The lowest BCUT2D eigenvalue weighted by atomic mass is 9.78. The molecule has 3 N–H and O–H groups in total. The molecule has 0 aliphatic heterocycles. The van der Waals surface area contributed by atoms with Crippen molar-refractivity contribution in [2.24, 2.45) is 11.1 Å². The molecule has 0 aromatic heterocycles. The molecule has 1 rings (SSSR count). The van der Waals surface area contributed by atoms with Crippen LogP contribution in [0.2, 0.25) is 0 Å². The van der Waals surface area contributed by atoms with Crippen LogP contribution >= 0.6 is 0 Å². The van der Waals surface area contributed by atoms with E-state index >= 15 is 0 Å². The summed E-state index contributed by atoms with van der Waals surface area (Å²) in [4.78, 5) is 0. The number of benzene rings is 1. The highest BCUT2D eigenvalue weighted by molar-refractivity contribution is 5.21. The predicted molar refractivity (Wildman–Crippen MR) is 63.7 cm³/mol. The lowest BCUT2D eigenvalue weighted by Gasteiger charge is -2.32. The lowest BCUT2D eigenvalue weighted by Crippen LogP contribution is -2.36. The van der Waals surface area contributed by atoms with Gasteiger partial charge >= 0.3 is 0 Å². The van der Waals surface area contributed by atoms with Gasteiger partial charge in [-0.15, -0.1) is 0 Å². The van der Waals surface area contributed by atoms with Crippen LogP contribution in [-0.2, 0) is 0 Å². The Morgan fingerprint density at radius 3 is 2.13 bits per heavy atom. The largest absolute Gasteiger partial charge is 0.392 e. The maximum atomic E-state index is 10.2. The van der Waals surface area contributed by atoms with Gasteiger partial charge in [0.25, 0.3) is 0 Å². The highest BCUT2D eigenvalue weighted by atomic mass is 16.3. The molecule has 1 aromatic carbocycles. The second kappa shape index (κ2) is 4.77. The van der Waals surface area contributed by atoms with Gasteiger partial charge in [0.1, 0.15) is 0 Å². The molecule has 0 aliphatic rings. The topological polar surface area (TPSA) is 46.2 Å². The number of rotatable bonds is 3. The minimum Gasteiger partial charge on any atom is -0.392 e. The molecule has 2 nitrogen and oxygen atoms in total. The van der Waals surface area contributed by atoms with E-state index in [9.17, 15) is 5.11 Å². The number of aliphatic hydroxyl groups excluding tert-OH is 1. The second-order valence-electron chi connectivity index (χ2n) is 5.06. The summed E-state index contributed by atoms with van der Waals surface area (Å²) < 4.78 is 0. The van der Waals surface area contributed by atoms with Crippen molar-refractivity contribution in [3.8, 4) is 0 Å². The van der Waals surface area contributed by atoms with Crippen LogP contribution in [-0.4, -0.2) is 17.8 Å². The maximum absolute atomic E-state index is 10.2. The van der Waals surface area contributed by atoms with E-state index in [2.05, 4.69) is 0 Å². The van der Waals surface area contributed by atoms with E-state index in [1.54, 1.807) is 0 Å². The van der Waals surface area contributed by atoms with Gasteiger partial charge in [-0.25, -0.2) is 0 Å². The molecule has 2 heteroatoms. The fourth-order valence-electron chi connectivity index (χ4n) is 1.75. The minimum atomic E-state index is -0.412. The summed E-state index contributed by atoms with van der Waals surface area (Å²) in [5, 5.41) is 10.2. The molecule has 0 radical (unpaired) electrons. The fraction of sp³-hybridized carbons (Fsp3) is 0.538. The maximum Gasteiger partial charge on any atom is 0.0669 e. The van der Waals surface area contributed by atoms with Crippen LogP contribution in [0.15, 0.2) is 30.3 Å². The van der Waals surface area contributed by atoms with Crippen molar-refractivity contribution in [3.63, 3.8) is 0 Å². The van der Waals surface area contributed by atoms with Gasteiger partial charge in [0.05, 0.1) is 6.10 Å². The molecule has 15 heavy (non-hydrogen) atoms. The van der Waals surface area contributed by atoms with Gasteiger partial charge in [0, 0.05) is 12.5 Å². The van der Waals surface area contributed by atoms with Crippen LogP contribution in [0.25, 0.3) is 0 Å². The summed E-state index contributed by atoms with van der Waals surface area (Å²) in [5.74, 6) is 0.0196. The minimum absolute atomic E-state index is 0.0196. The Balaban J connectivity index is 2.90. The van der Waals surface area contributed by atoms with E-state index in [0.29, 0.717) is 6.54 Å². The summed E-state index contributed by atoms with van der Waals surface area (Å²) >= 11 is 0. The Kier molecular flexibility index (Phi) is 3.89. The van der Waals surface area contributed by atoms with Crippen LogP contribution in [0.4, 0.5) is 0 Å². The molecule has 0 bridgehead atoms. The number of aliphatic hydroxyl groups is 1. The average Bonchev–Trinajstić information content (AvgIpc) is 2.19. The Morgan fingerprint density at radius 2 is 1.73 bits per heavy atom. The van der Waals surface area contributed by atoms with Crippen LogP contribution in [0, 0.1) is 5.41 Å². The normalized spacial score (nSPS) is 16.1. The zero-order chi connectivity index (χ0) is 11.5. The standard InChI is InChI=1S/C13H21NO/c1-13(2,3)12(15)11(9-14)10-7-5-4-6-8-10/h4-8,11-12,15H,9,14H2,1-3H3/t11-,12+/m0/s1. The molecular formula is C13H21NO. The van der Waals surface area contributed by atoms with Gasteiger partial charge in [-0.2, -0.15) is 0 Å². The number of nitrogens with two attached hydrogens (primary N) is 1. The smallest absolute Gasteiger partial charge is 0.0669 e. The highest BCUT2D eigenvalue weighted by Crippen LogP contribution is 2.30. The zero-order valence-electron chi connectivity index (χ0n) is 9.77. The third kappa shape index (κ3) is 3.05. The first-order valence-corrected chi connectivity index (χ1v) is 5.40. The quantitative estimate of drug-likeness (QED) is 0.797. The molecular weight excluding hydrogens is 186 g/mol. The third-order valence-corrected chi connectivity index (χ3v) is 2.75. The molecule has 0 spiro atoms. The van der Waals surface area contributed by atoms with Crippen molar-refractivity contribution in [2.75, 3.05) is 6.54 Å². The van der Waals surface area contributed by atoms with Gasteiger partial charge in [0.15, 0.2) is 0 Å². The monoisotopic (exact) mass is 207 g/mol. The first-order valence-electron chi connectivity index (χ1n) is 5.40. The first kappa shape index (κ1) is 12.2. The van der Waals surface area contributed by atoms with Crippen LogP contribution in [0.1, 0.15) is 32.3 Å². The molecule has 0 fully saturated rings. The molecule has 84 valence electrons. The molecule has 0 amide bonds. The molecule has 0 saturated carbocycles. The molecule has 2 atom stereocenters. The van der Waals surface area contributed by atoms with E-state index < -0.39 is 6.10 Å². The fourth-order valence-corrected chi connectivity index (χ4v) is 1.75. The Hall–Kier alpha value is -0.860. The van der Waals surface area contributed by atoms with Crippen molar-refractivity contribution >= 4 is 0 Å². The second-order valence-corrected chi connectivity index (χ2v) is 5.06. The van der Waals surface area contributed by atoms with Crippen LogP contribution in [0.5, 0.6) is 0 Å². The van der Waals surface area contributed by atoms with Crippen molar-refractivity contribution in [1.29, 1.82) is 0 Å². The van der Waals surface area contributed by atoms with E-state index in [1.165, 1.54) is 0 Å². The number of hydrogen-bond donors (Lipinski definition) is 2. The molecule has 0 heterocycles. The van der Waals surface area contributed by atoms with Crippen molar-refractivity contribution in [1.82, 2.24) is 0 Å². The highest BCUT2D eigenvalue weighted by Gasteiger charge is 2.30. The van der Waals surface area contributed by atoms with Gasteiger partial charge in [-0.1, -0.05) is 51.1 Å². The first-order chi connectivity index (χ1) is 6.96. The van der Waals surface area contributed by atoms with Gasteiger partial charge in [-0.3, -0.25) is 0 Å². The van der Waals surface area contributed by atoms with E-state index in [4.69, 9.17) is 5.73 Å². The van der Waals surface area contributed by atoms with Crippen molar-refractivity contribution < 1.29 is 5.11 Å². The average molecular weight is 207 g/mol. The van der Waals surface area contributed by atoms with Crippen LogP contribution in [0.3, 0.4) is 0 Å². The zero-order valence-corrected chi connectivity index (χ0v) is 9.77. The van der Waals surface area contributed by atoms with Crippen LogP contribution < -0.4 is 5.73 Å². The number of hydrogen-bond acceptors (Lipinski definition) is 2. The summed E-state index contributed by atoms with van der Waals surface area (Å²) in [6.07, 6.45) is -0.412. The summed E-state index contributed by atoms with van der Waals surface area (Å²) in [5.41, 5.74) is 6.72. The summed E-state index contributed by atoms with van der Waals surface area (Å²) in [6, 6.07) is 9.97. The van der Waals surface area contributed by atoms with Crippen molar-refractivity contribution in [3.05, 3.63) is 35.9 Å². The lowest BCUT2D eigenvalue weighted by molar-refractivity contribution is 0.0407. The summed E-state index contributed by atoms with van der Waals surface area (Å²) in [6.45, 7) is 6.57. The molecule has 0 saturated heterocycles. The van der Waals surface area contributed by atoms with Gasteiger partial charge in [0.2, 0.25) is 0 Å². The SMILES string of the molecule is CC(C)(C)[C@H](O)[C@@H](CN)c1ccccc1. The van der Waals surface area contributed by atoms with Gasteiger partial charge < -0.3 is 10.8 Å². The molecule has 0 unspecified atom stereocenters. The van der Waals surface area contributed by atoms with E-state index in [-0.39, 0.29) is 11.3 Å². The van der Waals surface area contributed by atoms with Gasteiger partial charge in [-0.05, 0) is 11.0 Å². The predicted octanol–water partition coefficient (Wildman–Crippen LogP) is 2.14. The Labute approximate surface area is 92.1 Å². The molecule has 0 aliphatic carbocycles.